The van der Waals surface area contributed by atoms with Gasteiger partial charge >= 0.3 is 0 Å². The van der Waals surface area contributed by atoms with Gasteiger partial charge in [0, 0.05) is 12.0 Å². The molecule has 0 spiro atoms. The van der Waals surface area contributed by atoms with Crippen LogP contribution in [0.15, 0.2) is 42.5 Å². The first-order chi connectivity index (χ1) is 10.5. The predicted molar refractivity (Wildman–Crippen MR) is 91.8 cm³/mol. The Morgan fingerprint density at radius 3 is 2.32 bits per heavy atom. The van der Waals surface area contributed by atoms with Crippen LogP contribution in [0, 0.1) is 0 Å². The van der Waals surface area contributed by atoms with Crippen LogP contribution in [-0.4, -0.2) is 30.1 Å². The Labute approximate surface area is 141 Å². The second-order valence-electron chi connectivity index (χ2n) is 6.07. The van der Waals surface area contributed by atoms with Gasteiger partial charge in [-0.25, -0.2) is 0 Å². The predicted octanol–water partition coefficient (Wildman–Crippen LogP) is 4.49. The lowest BCUT2D eigenvalue weighted by molar-refractivity contribution is 0.0590. The van der Waals surface area contributed by atoms with Crippen LogP contribution in [0.1, 0.15) is 35.1 Å². The number of aliphatic hydroxyl groups excluding tert-OH is 1. The Kier molecular flexibility index (Phi) is 4.47. The highest BCUT2D eigenvalue weighted by Gasteiger charge is 2.35. The molecular formula is C18H19Cl2NO. The van der Waals surface area contributed by atoms with Crippen molar-refractivity contribution in [3.8, 4) is 0 Å². The minimum absolute atomic E-state index is 0.0781. The van der Waals surface area contributed by atoms with E-state index in [0.29, 0.717) is 10.0 Å². The fourth-order valence-corrected chi connectivity index (χ4v) is 3.65. The molecule has 4 heteroatoms. The SMILES string of the molecule is CN(C)C1CC(c2ccc(Cl)c(Cl)c2)c2ccccc2C1O. The third-order valence-electron chi connectivity index (χ3n) is 4.54. The summed E-state index contributed by atoms with van der Waals surface area (Å²) in [7, 11) is 4.02. The Morgan fingerprint density at radius 2 is 1.68 bits per heavy atom. The van der Waals surface area contributed by atoms with Crippen LogP contribution in [0.4, 0.5) is 0 Å². The van der Waals surface area contributed by atoms with Gasteiger partial charge in [-0.05, 0) is 49.3 Å². The summed E-state index contributed by atoms with van der Waals surface area (Å²) in [4.78, 5) is 2.09. The largest absolute Gasteiger partial charge is 0.387 e. The molecule has 0 amide bonds. The van der Waals surface area contributed by atoms with Gasteiger partial charge in [0.25, 0.3) is 0 Å². The van der Waals surface area contributed by atoms with Crippen molar-refractivity contribution in [3.05, 3.63) is 69.2 Å². The van der Waals surface area contributed by atoms with Gasteiger partial charge in [-0.15, -0.1) is 0 Å². The summed E-state index contributed by atoms with van der Waals surface area (Å²) in [6.45, 7) is 0. The van der Waals surface area contributed by atoms with E-state index < -0.39 is 6.10 Å². The van der Waals surface area contributed by atoms with Crippen LogP contribution in [0.5, 0.6) is 0 Å². The fourth-order valence-electron chi connectivity index (χ4n) is 3.34. The first-order valence-corrected chi connectivity index (χ1v) is 8.13. The summed E-state index contributed by atoms with van der Waals surface area (Å²) in [5.41, 5.74) is 3.32. The van der Waals surface area contributed by atoms with Gasteiger partial charge in [0.1, 0.15) is 0 Å². The maximum atomic E-state index is 10.7. The zero-order chi connectivity index (χ0) is 15.9. The molecule has 2 aromatic rings. The summed E-state index contributed by atoms with van der Waals surface area (Å²) in [5, 5.41) is 11.8. The van der Waals surface area contributed by atoms with Gasteiger partial charge in [-0.1, -0.05) is 53.5 Å². The highest BCUT2D eigenvalue weighted by molar-refractivity contribution is 6.42. The second kappa shape index (κ2) is 6.21. The van der Waals surface area contributed by atoms with Crippen LogP contribution >= 0.6 is 23.2 Å². The number of fused-ring (bicyclic) bond motifs is 1. The summed E-state index contributed by atoms with van der Waals surface area (Å²) in [6, 6.07) is 14.0. The van der Waals surface area contributed by atoms with Gasteiger partial charge < -0.3 is 10.0 Å². The maximum absolute atomic E-state index is 10.7. The van der Waals surface area contributed by atoms with E-state index in [1.54, 1.807) is 0 Å². The number of hydrogen-bond donors (Lipinski definition) is 1. The third-order valence-corrected chi connectivity index (χ3v) is 5.28. The summed E-state index contributed by atoms with van der Waals surface area (Å²) in [5.74, 6) is 0.210. The number of benzene rings is 2. The average molecular weight is 336 g/mol. The molecule has 1 N–H and O–H groups in total. The van der Waals surface area contributed by atoms with Crippen molar-refractivity contribution in [2.45, 2.75) is 24.5 Å². The molecule has 0 heterocycles. The van der Waals surface area contributed by atoms with E-state index in [2.05, 4.69) is 11.0 Å². The molecule has 3 atom stereocenters. The van der Waals surface area contributed by atoms with Crippen LogP contribution in [0.2, 0.25) is 10.0 Å². The molecule has 116 valence electrons. The molecule has 2 nitrogen and oxygen atoms in total. The normalized spacial score (nSPS) is 24.4. The minimum Gasteiger partial charge on any atom is -0.387 e. The molecule has 0 bridgehead atoms. The molecular weight excluding hydrogens is 317 g/mol. The van der Waals surface area contributed by atoms with Gasteiger partial charge in [0.15, 0.2) is 0 Å². The van der Waals surface area contributed by atoms with E-state index in [1.807, 2.05) is 50.5 Å². The first-order valence-electron chi connectivity index (χ1n) is 7.37. The smallest absolute Gasteiger partial charge is 0.0948 e. The molecule has 0 aliphatic heterocycles. The van der Waals surface area contributed by atoms with E-state index in [9.17, 15) is 5.11 Å². The van der Waals surface area contributed by atoms with Gasteiger partial charge in [0.2, 0.25) is 0 Å². The molecule has 0 saturated carbocycles. The highest BCUT2D eigenvalue weighted by atomic mass is 35.5. The quantitative estimate of drug-likeness (QED) is 0.873. The molecule has 0 aromatic heterocycles. The molecule has 0 fully saturated rings. The van der Waals surface area contributed by atoms with E-state index >= 15 is 0 Å². The van der Waals surface area contributed by atoms with Gasteiger partial charge in [-0.3, -0.25) is 0 Å². The molecule has 3 rings (SSSR count). The minimum atomic E-state index is -0.467. The Balaban J connectivity index is 2.10. The lowest BCUT2D eigenvalue weighted by Gasteiger charge is -2.39. The van der Waals surface area contributed by atoms with Crippen LogP contribution < -0.4 is 0 Å². The van der Waals surface area contributed by atoms with E-state index in [4.69, 9.17) is 23.2 Å². The monoisotopic (exact) mass is 335 g/mol. The summed E-state index contributed by atoms with van der Waals surface area (Å²) >= 11 is 12.2. The molecule has 2 aromatic carbocycles. The van der Waals surface area contributed by atoms with Crippen molar-refractivity contribution in [3.63, 3.8) is 0 Å². The van der Waals surface area contributed by atoms with Crippen molar-refractivity contribution in [1.82, 2.24) is 4.90 Å². The van der Waals surface area contributed by atoms with Crippen molar-refractivity contribution in [2.75, 3.05) is 14.1 Å². The standard InChI is InChI=1S/C18H19Cl2NO/c1-21(2)17-10-14(11-7-8-15(19)16(20)9-11)12-5-3-4-6-13(12)18(17)22/h3-9,14,17-18,22H,10H2,1-2H3. The van der Waals surface area contributed by atoms with Crippen molar-refractivity contribution < 1.29 is 5.11 Å². The number of hydrogen-bond acceptors (Lipinski definition) is 2. The van der Waals surface area contributed by atoms with Gasteiger partial charge in [0.05, 0.1) is 16.1 Å². The molecule has 1 aliphatic carbocycles. The maximum Gasteiger partial charge on any atom is 0.0948 e. The first kappa shape index (κ1) is 15.8. The van der Waals surface area contributed by atoms with E-state index in [1.165, 1.54) is 5.56 Å². The van der Waals surface area contributed by atoms with Crippen LogP contribution in [-0.2, 0) is 0 Å². The van der Waals surface area contributed by atoms with Crippen LogP contribution in [0.3, 0.4) is 0 Å². The average Bonchev–Trinajstić information content (AvgIpc) is 2.50. The summed E-state index contributed by atoms with van der Waals surface area (Å²) in [6.07, 6.45) is 0.383. The fraction of sp³-hybridized carbons (Fsp3) is 0.333. The summed E-state index contributed by atoms with van der Waals surface area (Å²) < 4.78 is 0. The highest BCUT2D eigenvalue weighted by Crippen LogP contribution is 2.43. The molecule has 0 radical (unpaired) electrons. The van der Waals surface area contributed by atoms with Crippen molar-refractivity contribution in [1.29, 1.82) is 0 Å². The molecule has 22 heavy (non-hydrogen) atoms. The zero-order valence-corrected chi connectivity index (χ0v) is 14.1. The Morgan fingerprint density at radius 1 is 1.00 bits per heavy atom. The van der Waals surface area contributed by atoms with Gasteiger partial charge in [-0.2, -0.15) is 0 Å². The zero-order valence-electron chi connectivity index (χ0n) is 12.6. The second-order valence-corrected chi connectivity index (χ2v) is 6.88. The topological polar surface area (TPSA) is 23.5 Å². The Hall–Kier alpha value is -1.06. The van der Waals surface area contributed by atoms with E-state index in [0.717, 1.165) is 17.5 Å². The number of halogens is 2. The molecule has 3 unspecified atom stereocenters. The number of likely N-dealkylation sites (N-methyl/N-ethyl adjacent to an activating group) is 1. The lowest BCUT2D eigenvalue weighted by Crippen LogP contribution is -2.39. The van der Waals surface area contributed by atoms with Crippen molar-refractivity contribution >= 4 is 23.2 Å². The number of nitrogens with zero attached hydrogens (tertiary/aromatic N) is 1. The molecule has 1 aliphatic rings. The van der Waals surface area contributed by atoms with E-state index in [-0.39, 0.29) is 12.0 Å². The van der Waals surface area contributed by atoms with Crippen LogP contribution in [0.25, 0.3) is 0 Å². The number of aliphatic hydroxyl groups is 1. The lowest BCUT2D eigenvalue weighted by atomic mass is 9.75. The number of rotatable bonds is 2. The third kappa shape index (κ3) is 2.77. The van der Waals surface area contributed by atoms with Crippen molar-refractivity contribution in [2.24, 2.45) is 0 Å². The molecule has 0 saturated heterocycles. The Bertz CT molecular complexity index is 687.